The molecule has 0 aromatic heterocycles. The average Bonchev–Trinajstić information content (AvgIpc) is 3.63. The Balaban J connectivity index is 5.23. The van der Waals surface area contributed by atoms with Crippen molar-refractivity contribution in [2.75, 3.05) is 39.6 Å². The Bertz CT molecular complexity index is 1700. The average molecular weight is 1260 g/mol. The van der Waals surface area contributed by atoms with Gasteiger partial charge in [-0.25, -0.2) is 9.13 Å². The highest BCUT2D eigenvalue weighted by Gasteiger charge is 2.30. The number of unbranched alkanes of at least 4 members (excludes halogenated alkanes) is 28. The monoisotopic (exact) mass is 1250 g/mol. The van der Waals surface area contributed by atoms with E-state index < -0.39 is 97.5 Å². The maximum atomic E-state index is 13.0. The van der Waals surface area contributed by atoms with Gasteiger partial charge in [-0.05, 0) is 49.4 Å². The van der Waals surface area contributed by atoms with E-state index in [1.165, 1.54) is 109 Å². The molecule has 504 valence electrons. The summed E-state index contributed by atoms with van der Waals surface area (Å²) in [5.41, 5.74) is 0. The summed E-state index contributed by atoms with van der Waals surface area (Å²) in [7, 11) is -9.89. The van der Waals surface area contributed by atoms with Crippen LogP contribution in [0.1, 0.15) is 319 Å². The molecule has 85 heavy (non-hydrogen) atoms. The third-order valence-corrected chi connectivity index (χ3v) is 17.3. The minimum absolute atomic E-state index is 0.101. The predicted molar refractivity (Wildman–Crippen MR) is 340 cm³/mol. The minimum Gasteiger partial charge on any atom is -0.462 e. The molecule has 4 unspecified atom stereocenters. The molecule has 0 bridgehead atoms. The molecule has 6 atom stereocenters. The largest absolute Gasteiger partial charge is 0.472 e. The quantitative estimate of drug-likeness (QED) is 0.0222. The lowest BCUT2D eigenvalue weighted by molar-refractivity contribution is -0.161. The van der Waals surface area contributed by atoms with Gasteiger partial charge in [-0.3, -0.25) is 37.3 Å². The fourth-order valence-electron chi connectivity index (χ4n) is 9.75. The number of aliphatic hydroxyl groups is 1. The first-order chi connectivity index (χ1) is 40.6. The number of hydrogen-bond acceptors (Lipinski definition) is 15. The molecule has 0 aliphatic carbocycles. The molecule has 19 heteroatoms. The zero-order chi connectivity index (χ0) is 63.2. The van der Waals surface area contributed by atoms with Crippen molar-refractivity contribution >= 4 is 39.5 Å². The molecule has 0 saturated heterocycles. The summed E-state index contributed by atoms with van der Waals surface area (Å²) >= 11 is 0. The highest BCUT2D eigenvalue weighted by molar-refractivity contribution is 7.47. The van der Waals surface area contributed by atoms with Crippen LogP contribution in [-0.4, -0.2) is 96.7 Å². The first-order valence-electron chi connectivity index (χ1n) is 34.2. The second-order valence-corrected chi connectivity index (χ2v) is 28.4. The number of carbonyl (C=O) groups excluding carboxylic acids is 4. The SMILES string of the molecule is CCC(C)CCCCCCCCC(=O)OC[C@H](COP(=O)(O)OCC(O)COP(=O)(O)OC[C@@H](COC(=O)CCCCCCCCCC(C)C)OC(=O)CCCCCCCCCCCCCCCC(C)C)OC(=O)CCCCCCCCC(C)C. The second kappa shape index (κ2) is 56.1. The van der Waals surface area contributed by atoms with Gasteiger partial charge in [0.2, 0.25) is 0 Å². The number of ether oxygens (including phenoxy) is 4. The van der Waals surface area contributed by atoms with Gasteiger partial charge in [0.15, 0.2) is 12.2 Å². The lowest BCUT2D eigenvalue weighted by atomic mass is 10.00. The standard InChI is InChI=1S/C66H128O17P2/c1-9-59(8)45-37-29-23-25-31-39-47-64(69)77-53-62(83-66(71)49-41-33-24-22-28-36-44-58(6)7)55-81-85(74,75)79-51-60(67)50-78-84(72,73)80-54-61(52-76-63(68)46-38-30-21-17-19-27-35-43-57(4)5)82-65(70)48-40-32-20-16-14-12-10-11-13-15-18-26-34-42-56(2)3/h56-62,67H,9-55H2,1-8H3,(H,72,73)(H,74,75)/t59?,60?,61-,62-/m1/s1. The molecule has 0 saturated carbocycles. The summed E-state index contributed by atoms with van der Waals surface area (Å²) in [6.07, 6.45) is 36.5. The number of phosphoric ester groups is 2. The van der Waals surface area contributed by atoms with Crippen molar-refractivity contribution in [2.24, 2.45) is 23.7 Å². The van der Waals surface area contributed by atoms with Crippen molar-refractivity contribution < 1.29 is 80.2 Å². The van der Waals surface area contributed by atoms with Crippen LogP contribution in [0.5, 0.6) is 0 Å². The Hall–Kier alpha value is -1.94. The van der Waals surface area contributed by atoms with Gasteiger partial charge in [-0.15, -0.1) is 0 Å². The van der Waals surface area contributed by atoms with Crippen LogP contribution >= 0.6 is 15.6 Å². The summed E-state index contributed by atoms with van der Waals surface area (Å²) in [5.74, 6) is 0.751. The van der Waals surface area contributed by atoms with Crippen LogP contribution in [0.25, 0.3) is 0 Å². The van der Waals surface area contributed by atoms with E-state index in [-0.39, 0.29) is 25.7 Å². The zero-order valence-electron chi connectivity index (χ0n) is 55.2. The molecule has 0 fully saturated rings. The third kappa shape index (κ3) is 59.5. The normalized spacial score (nSPS) is 14.7. The molecule has 0 aromatic rings. The van der Waals surface area contributed by atoms with Gasteiger partial charge in [-0.2, -0.15) is 0 Å². The van der Waals surface area contributed by atoms with Crippen LogP contribution in [0.4, 0.5) is 0 Å². The molecular weight excluding hydrogens is 1130 g/mol. The van der Waals surface area contributed by atoms with Gasteiger partial charge in [0.25, 0.3) is 0 Å². The van der Waals surface area contributed by atoms with E-state index in [1.54, 1.807) is 0 Å². The Labute approximate surface area is 517 Å². The molecule has 0 aliphatic heterocycles. The van der Waals surface area contributed by atoms with Gasteiger partial charge in [0.05, 0.1) is 26.4 Å². The van der Waals surface area contributed by atoms with E-state index in [9.17, 15) is 43.2 Å². The summed E-state index contributed by atoms with van der Waals surface area (Å²) in [4.78, 5) is 72.3. The molecule has 17 nitrogen and oxygen atoms in total. The fourth-order valence-corrected chi connectivity index (χ4v) is 11.3. The molecule has 0 aliphatic rings. The lowest BCUT2D eigenvalue weighted by Crippen LogP contribution is -2.30. The Morgan fingerprint density at radius 3 is 0.835 bits per heavy atom. The Morgan fingerprint density at radius 2 is 0.565 bits per heavy atom. The summed E-state index contributed by atoms with van der Waals surface area (Å²) in [5, 5.41) is 10.5. The van der Waals surface area contributed by atoms with Crippen LogP contribution < -0.4 is 0 Å². The van der Waals surface area contributed by atoms with Crippen LogP contribution in [0.2, 0.25) is 0 Å². The van der Waals surface area contributed by atoms with Gasteiger partial charge >= 0.3 is 39.5 Å². The van der Waals surface area contributed by atoms with E-state index in [0.29, 0.717) is 37.5 Å². The minimum atomic E-state index is -4.95. The van der Waals surface area contributed by atoms with Crippen LogP contribution in [0, 0.1) is 23.7 Å². The van der Waals surface area contributed by atoms with Crippen molar-refractivity contribution in [1.29, 1.82) is 0 Å². The molecule has 3 N–H and O–H groups in total. The Kier molecular flexibility index (Phi) is 54.8. The van der Waals surface area contributed by atoms with Crippen molar-refractivity contribution in [3.63, 3.8) is 0 Å². The van der Waals surface area contributed by atoms with Crippen LogP contribution in [0.3, 0.4) is 0 Å². The van der Waals surface area contributed by atoms with Crippen molar-refractivity contribution in [2.45, 2.75) is 337 Å². The number of carbonyl (C=O) groups is 4. The number of rotatable bonds is 63. The smallest absolute Gasteiger partial charge is 0.462 e. The topological polar surface area (TPSA) is 237 Å². The summed E-state index contributed by atoms with van der Waals surface area (Å²) < 4.78 is 68.0. The predicted octanol–water partition coefficient (Wildman–Crippen LogP) is 18.1. The zero-order valence-corrected chi connectivity index (χ0v) is 57.0. The van der Waals surface area contributed by atoms with Crippen molar-refractivity contribution in [3.8, 4) is 0 Å². The van der Waals surface area contributed by atoms with Gasteiger partial charge in [0, 0.05) is 25.7 Å². The molecule has 0 rings (SSSR count). The van der Waals surface area contributed by atoms with Gasteiger partial charge < -0.3 is 33.8 Å². The number of aliphatic hydroxyl groups excluding tert-OH is 1. The number of hydrogen-bond donors (Lipinski definition) is 3. The molecular formula is C66H128O17P2. The maximum Gasteiger partial charge on any atom is 0.472 e. The highest BCUT2D eigenvalue weighted by atomic mass is 31.2. The maximum absolute atomic E-state index is 13.0. The highest BCUT2D eigenvalue weighted by Crippen LogP contribution is 2.45. The first-order valence-corrected chi connectivity index (χ1v) is 37.2. The molecule has 0 amide bonds. The van der Waals surface area contributed by atoms with Crippen molar-refractivity contribution in [1.82, 2.24) is 0 Å². The molecule has 0 heterocycles. The van der Waals surface area contributed by atoms with Crippen LogP contribution in [0.15, 0.2) is 0 Å². The van der Waals surface area contributed by atoms with E-state index in [4.69, 9.17) is 37.0 Å². The first kappa shape index (κ1) is 83.1. The second-order valence-electron chi connectivity index (χ2n) is 25.5. The van der Waals surface area contributed by atoms with E-state index in [2.05, 4.69) is 55.4 Å². The lowest BCUT2D eigenvalue weighted by Gasteiger charge is -2.21. The number of phosphoric acid groups is 2. The fraction of sp³-hybridized carbons (Fsp3) is 0.939. The third-order valence-electron chi connectivity index (χ3n) is 15.4. The van der Waals surface area contributed by atoms with E-state index >= 15 is 0 Å². The molecule has 0 spiro atoms. The van der Waals surface area contributed by atoms with Gasteiger partial charge in [-0.1, -0.05) is 267 Å². The Morgan fingerprint density at radius 1 is 0.329 bits per heavy atom. The van der Waals surface area contributed by atoms with E-state index in [1.807, 2.05) is 0 Å². The van der Waals surface area contributed by atoms with Gasteiger partial charge in [0.1, 0.15) is 19.3 Å². The summed E-state index contributed by atoms with van der Waals surface area (Å²) in [6.45, 7) is 13.9. The van der Waals surface area contributed by atoms with Crippen molar-refractivity contribution in [3.05, 3.63) is 0 Å². The molecule has 0 radical (unpaired) electrons. The number of esters is 4. The van der Waals surface area contributed by atoms with E-state index in [0.717, 1.165) is 115 Å². The molecule has 0 aromatic carbocycles. The van der Waals surface area contributed by atoms with Crippen LogP contribution in [-0.2, 0) is 65.4 Å². The summed E-state index contributed by atoms with van der Waals surface area (Å²) in [6, 6.07) is 0.